The lowest BCUT2D eigenvalue weighted by atomic mass is 10.1. The van der Waals surface area contributed by atoms with Crippen molar-refractivity contribution < 1.29 is 8.42 Å². The molecule has 2 rings (SSSR count). The third-order valence-electron chi connectivity index (χ3n) is 2.68. The van der Waals surface area contributed by atoms with E-state index in [4.69, 9.17) is 11.6 Å². The summed E-state index contributed by atoms with van der Waals surface area (Å²) in [5.74, 6) is 0.599. The molecule has 0 aliphatic rings. The monoisotopic (exact) mass is 271 g/mol. The van der Waals surface area contributed by atoms with Crippen molar-refractivity contribution in [3.8, 4) is 0 Å². The molecule has 1 heterocycles. The summed E-state index contributed by atoms with van der Waals surface area (Å²) >= 11 is 5.77. The third kappa shape index (κ3) is 3.01. The highest BCUT2D eigenvalue weighted by atomic mass is 35.5. The number of hydrogen-bond donors (Lipinski definition) is 1. The normalized spacial score (nSPS) is 12.1. The van der Waals surface area contributed by atoms with Crippen LogP contribution in [-0.2, 0) is 22.1 Å². The number of benzene rings is 1. The van der Waals surface area contributed by atoms with Gasteiger partial charge < -0.3 is 4.98 Å². The molecular weight excluding hydrogens is 258 g/mol. The molecule has 0 aliphatic heterocycles. The quantitative estimate of drug-likeness (QED) is 0.869. The zero-order valence-corrected chi connectivity index (χ0v) is 11.1. The summed E-state index contributed by atoms with van der Waals surface area (Å²) in [4.78, 5) is 3.22. The summed E-state index contributed by atoms with van der Waals surface area (Å²) < 4.78 is 22.3. The van der Waals surface area contributed by atoms with Crippen LogP contribution in [0.1, 0.15) is 11.3 Å². The van der Waals surface area contributed by atoms with E-state index in [0.29, 0.717) is 12.3 Å². The van der Waals surface area contributed by atoms with E-state index in [1.54, 1.807) is 0 Å². The predicted molar refractivity (Wildman–Crippen MR) is 71.3 cm³/mol. The maximum absolute atomic E-state index is 11.2. The molecule has 0 amide bonds. The van der Waals surface area contributed by atoms with E-state index in [9.17, 15) is 8.42 Å². The van der Waals surface area contributed by atoms with Gasteiger partial charge in [0.15, 0.2) is 0 Å². The summed E-state index contributed by atoms with van der Waals surface area (Å²) in [7, 11) is -2.93. The molecule has 0 unspecified atom stereocenters. The topological polar surface area (TPSA) is 49.9 Å². The second kappa shape index (κ2) is 4.70. The van der Waals surface area contributed by atoms with Crippen LogP contribution in [0, 0.1) is 0 Å². The SMILES string of the molecule is CS(=O)(=O)CCc1cccc2cc(CCl)[nH]c12. The molecule has 1 aromatic carbocycles. The Hall–Kier alpha value is -1.00. The molecule has 3 nitrogen and oxygen atoms in total. The summed E-state index contributed by atoms with van der Waals surface area (Å²) in [6.45, 7) is 0. The predicted octanol–water partition coefficient (Wildman–Crippen LogP) is 2.49. The van der Waals surface area contributed by atoms with E-state index in [2.05, 4.69) is 4.98 Å². The fourth-order valence-corrected chi connectivity index (χ4v) is 2.59. The molecule has 0 bridgehead atoms. The summed E-state index contributed by atoms with van der Waals surface area (Å²) in [5.41, 5.74) is 2.96. The van der Waals surface area contributed by atoms with Gasteiger partial charge in [0.25, 0.3) is 0 Å². The van der Waals surface area contributed by atoms with Gasteiger partial charge in [0, 0.05) is 17.5 Å². The first-order valence-corrected chi connectivity index (χ1v) is 7.92. The van der Waals surface area contributed by atoms with Crippen LogP contribution in [0.3, 0.4) is 0 Å². The van der Waals surface area contributed by atoms with Gasteiger partial charge in [0.05, 0.1) is 11.6 Å². The van der Waals surface area contributed by atoms with Crippen molar-refractivity contribution in [3.63, 3.8) is 0 Å². The van der Waals surface area contributed by atoms with Crippen LogP contribution in [0.4, 0.5) is 0 Å². The first kappa shape index (κ1) is 12.5. The molecule has 1 N–H and O–H groups in total. The maximum Gasteiger partial charge on any atom is 0.147 e. The van der Waals surface area contributed by atoms with Crippen LogP contribution >= 0.6 is 11.6 Å². The molecule has 0 spiro atoms. The van der Waals surface area contributed by atoms with Crippen molar-refractivity contribution in [1.82, 2.24) is 4.98 Å². The molecule has 1 aromatic heterocycles. The van der Waals surface area contributed by atoms with Crippen LogP contribution < -0.4 is 0 Å². The highest BCUT2D eigenvalue weighted by molar-refractivity contribution is 7.90. The Kier molecular flexibility index (Phi) is 3.45. The lowest BCUT2D eigenvalue weighted by molar-refractivity contribution is 0.601. The van der Waals surface area contributed by atoms with Crippen LogP contribution in [0.2, 0.25) is 0 Å². The van der Waals surface area contributed by atoms with Crippen LogP contribution in [-0.4, -0.2) is 25.4 Å². The van der Waals surface area contributed by atoms with Gasteiger partial charge in [0.1, 0.15) is 9.84 Å². The molecule has 17 heavy (non-hydrogen) atoms. The van der Waals surface area contributed by atoms with Gasteiger partial charge in [-0.1, -0.05) is 18.2 Å². The third-order valence-corrected chi connectivity index (χ3v) is 3.92. The Balaban J connectivity index is 2.36. The molecule has 0 saturated heterocycles. The van der Waals surface area contributed by atoms with E-state index < -0.39 is 9.84 Å². The second-order valence-corrected chi connectivity index (χ2v) is 6.72. The van der Waals surface area contributed by atoms with Crippen molar-refractivity contribution in [2.75, 3.05) is 12.0 Å². The van der Waals surface area contributed by atoms with Crippen molar-refractivity contribution in [2.45, 2.75) is 12.3 Å². The fourth-order valence-electron chi connectivity index (χ4n) is 1.85. The van der Waals surface area contributed by atoms with Crippen molar-refractivity contribution in [3.05, 3.63) is 35.5 Å². The largest absolute Gasteiger partial charge is 0.357 e. The Bertz CT molecular complexity index is 631. The lowest BCUT2D eigenvalue weighted by Gasteiger charge is -2.02. The van der Waals surface area contributed by atoms with Crippen molar-refractivity contribution >= 4 is 32.3 Å². The zero-order valence-electron chi connectivity index (χ0n) is 9.53. The Morgan fingerprint density at radius 2 is 2.12 bits per heavy atom. The number of aromatic nitrogens is 1. The van der Waals surface area contributed by atoms with Gasteiger partial charge in [-0.2, -0.15) is 0 Å². The molecule has 0 radical (unpaired) electrons. The minimum Gasteiger partial charge on any atom is -0.357 e. The van der Waals surface area contributed by atoms with Gasteiger partial charge in [-0.25, -0.2) is 8.42 Å². The van der Waals surface area contributed by atoms with Gasteiger partial charge in [-0.05, 0) is 23.4 Å². The molecular formula is C12H14ClNO2S. The minimum atomic E-state index is -2.93. The van der Waals surface area contributed by atoms with Gasteiger partial charge in [-0.3, -0.25) is 0 Å². The van der Waals surface area contributed by atoms with Crippen LogP contribution in [0.5, 0.6) is 0 Å². The average molecular weight is 272 g/mol. The summed E-state index contributed by atoms with van der Waals surface area (Å²) in [6.07, 6.45) is 1.78. The molecule has 0 fully saturated rings. The van der Waals surface area contributed by atoms with E-state index in [1.807, 2.05) is 24.3 Å². The molecule has 92 valence electrons. The van der Waals surface area contributed by atoms with E-state index in [-0.39, 0.29) is 5.75 Å². The molecule has 5 heteroatoms. The van der Waals surface area contributed by atoms with E-state index in [0.717, 1.165) is 22.2 Å². The van der Waals surface area contributed by atoms with E-state index >= 15 is 0 Å². The molecule has 0 atom stereocenters. The first-order valence-electron chi connectivity index (χ1n) is 5.33. The molecule has 2 aromatic rings. The number of fused-ring (bicyclic) bond motifs is 1. The highest BCUT2D eigenvalue weighted by Crippen LogP contribution is 2.21. The zero-order chi connectivity index (χ0) is 12.5. The summed E-state index contributed by atoms with van der Waals surface area (Å²) in [5, 5.41) is 1.08. The Morgan fingerprint density at radius 1 is 1.35 bits per heavy atom. The van der Waals surface area contributed by atoms with Gasteiger partial charge in [0.2, 0.25) is 0 Å². The standard InChI is InChI=1S/C12H14ClNO2S/c1-17(15,16)6-5-9-3-2-4-10-7-11(8-13)14-12(9)10/h2-4,7,14H,5-6,8H2,1H3. The number of halogens is 1. The van der Waals surface area contributed by atoms with E-state index in [1.165, 1.54) is 6.26 Å². The second-order valence-electron chi connectivity index (χ2n) is 4.19. The number of para-hydroxylation sites is 1. The number of alkyl halides is 1. The molecule has 0 saturated carbocycles. The maximum atomic E-state index is 11.2. The van der Waals surface area contributed by atoms with Gasteiger partial charge in [-0.15, -0.1) is 11.6 Å². The van der Waals surface area contributed by atoms with Crippen molar-refractivity contribution in [1.29, 1.82) is 0 Å². The number of H-pyrrole nitrogens is 1. The molecule has 0 aliphatic carbocycles. The van der Waals surface area contributed by atoms with Crippen LogP contribution in [0.15, 0.2) is 24.3 Å². The smallest absolute Gasteiger partial charge is 0.147 e. The number of sulfone groups is 1. The number of aryl methyl sites for hydroxylation is 1. The number of rotatable bonds is 4. The number of nitrogens with one attached hydrogen (secondary N) is 1. The van der Waals surface area contributed by atoms with Crippen LogP contribution in [0.25, 0.3) is 10.9 Å². The summed E-state index contributed by atoms with van der Waals surface area (Å²) in [6, 6.07) is 7.87. The first-order chi connectivity index (χ1) is 7.99. The minimum absolute atomic E-state index is 0.168. The average Bonchev–Trinajstić information content (AvgIpc) is 2.68. The van der Waals surface area contributed by atoms with Crippen molar-refractivity contribution in [2.24, 2.45) is 0 Å². The highest BCUT2D eigenvalue weighted by Gasteiger charge is 2.08. The Labute approximate surface area is 106 Å². The fraction of sp³-hybridized carbons (Fsp3) is 0.333. The Morgan fingerprint density at radius 3 is 2.76 bits per heavy atom. The number of hydrogen-bond acceptors (Lipinski definition) is 2. The number of aromatic amines is 1. The van der Waals surface area contributed by atoms with Gasteiger partial charge >= 0.3 is 0 Å². The lowest BCUT2D eigenvalue weighted by Crippen LogP contribution is -2.06.